The summed E-state index contributed by atoms with van der Waals surface area (Å²) in [5.41, 5.74) is 0. The molecule has 0 bridgehead atoms. The van der Waals surface area contributed by atoms with Crippen LogP contribution in [0, 0.1) is 17.8 Å². The van der Waals surface area contributed by atoms with Crippen LogP contribution in [0.2, 0.25) is 0 Å². The number of aliphatic imine (C=N–C) groups is 1. The van der Waals surface area contributed by atoms with Crippen molar-refractivity contribution in [2.45, 2.75) is 77.2 Å². The zero-order valence-corrected chi connectivity index (χ0v) is 17.2. The molecule has 6 heteroatoms. The summed E-state index contributed by atoms with van der Waals surface area (Å²) in [6, 6.07) is 0.503. The van der Waals surface area contributed by atoms with Crippen molar-refractivity contribution in [1.29, 1.82) is 0 Å². The molecule has 0 aromatic rings. The second-order valence-corrected chi connectivity index (χ2v) is 11.2. The van der Waals surface area contributed by atoms with Crippen molar-refractivity contribution in [3.63, 3.8) is 0 Å². The Balaban J connectivity index is 1.55. The molecule has 3 fully saturated rings. The van der Waals surface area contributed by atoms with Crippen molar-refractivity contribution in [2.75, 3.05) is 24.6 Å². The SMILES string of the molecule is CC1CCCC(NC(=NCC2CCS(=O)(=O)C2)NCC2CCCCC2)C1. The van der Waals surface area contributed by atoms with Crippen LogP contribution in [0.5, 0.6) is 0 Å². The van der Waals surface area contributed by atoms with Crippen LogP contribution in [0.4, 0.5) is 0 Å². The average molecular weight is 384 g/mol. The Labute approximate surface area is 159 Å². The molecule has 0 radical (unpaired) electrons. The van der Waals surface area contributed by atoms with Crippen LogP contribution >= 0.6 is 0 Å². The van der Waals surface area contributed by atoms with E-state index in [0.29, 0.717) is 24.1 Å². The molecule has 2 aliphatic carbocycles. The second-order valence-electron chi connectivity index (χ2n) is 8.96. The molecule has 3 rings (SSSR count). The third-order valence-electron chi connectivity index (χ3n) is 6.39. The Morgan fingerprint density at radius 2 is 1.81 bits per heavy atom. The van der Waals surface area contributed by atoms with Gasteiger partial charge >= 0.3 is 0 Å². The van der Waals surface area contributed by atoms with Gasteiger partial charge in [0.2, 0.25) is 0 Å². The Bertz CT molecular complexity index is 570. The van der Waals surface area contributed by atoms with Crippen LogP contribution in [0.15, 0.2) is 4.99 Å². The fourth-order valence-corrected chi connectivity index (χ4v) is 6.63. The lowest BCUT2D eigenvalue weighted by Crippen LogP contribution is -2.46. The molecule has 0 amide bonds. The summed E-state index contributed by atoms with van der Waals surface area (Å²) in [5, 5.41) is 7.25. The van der Waals surface area contributed by atoms with Crippen molar-refractivity contribution in [2.24, 2.45) is 22.7 Å². The predicted octanol–water partition coefficient (Wildman–Crippen LogP) is 3.12. The highest BCUT2D eigenvalue weighted by molar-refractivity contribution is 7.91. The van der Waals surface area contributed by atoms with E-state index in [0.717, 1.165) is 30.8 Å². The maximum Gasteiger partial charge on any atom is 0.191 e. The quantitative estimate of drug-likeness (QED) is 0.565. The normalized spacial score (nSPS) is 33.1. The Morgan fingerprint density at radius 1 is 1.00 bits per heavy atom. The molecule has 150 valence electrons. The number of hydrogen-bond acceptors (Lipinski definition) is 3. The molecule has 3 aliphatic rings. The molecule has 0 aromatic carbocycles. The fraction of sp³-hybridized carbons (Fsp3) is 0.950. The monoisotopic (exact) mass is 383 g/mol. The van der Waals surface area contributed by atoms with Gasteiger partial charge in [0, 0.05) is 19.1 Å². The van der Waals surface area contributed by atoms with Gasteiger partial charge in [-0.05, 0) is 49.9 Å². The van der Waals surface area contributed by atoms with E-state index in [9.17, 15) is 8.42 Å². The van der Waals surface area contributed by atoms with Gasteiger partial charge in [-0.1, -0.05) is 39.0 Å². The largest absolute Gasteiger partial charge is 0.356 e. The van der Waals surface area contributed by atoms with E-state index in [2.05, 4.69) is 17.6 Å². The van der Waals surface area contributed by atoms with Crippen LogP contribution in [0.25, 0.3) is 0 Å². The first-order chi connectivity index (χ1) is 12.5. The summed E-state index contributed by atoms with van der Waals surface area (Å²) >= 11 is 0. The van der Waals surface area contributed by atoms with Gasteiger partial charge in [0.25, 0.3) is 0 Å². The van der Waals surface area contributed by atoms with Crippen LogP contribution in [0.3, 0.4) is 0 Å². The molecule has 26 heavy (non-hydrogen) atoms. The van der Waals surface area contributed by atoms with Crippen molar-refractivity contribution >= 4 is 15.8 Å². The third kappa shape index (κ3) is 6.43. The van der Waals surface area contributed by atoms with E-state index in [4.69, 9.17) is 4.99 Å². The van der Waals surface area contributed by atoms with Crippen LogP contribution in [-0.2, 0) is 9.84 Å². The van der Waals surface area contributed by atoms with Crippen LogP contribution in [0.1, 0.15) is 71.1 Å². The van der Waals surface area contributed by atoms with Gasteiger partial charge in [-0.25, -0.2) is 8.42 Å². The number of hydrogen-bond donors (Lipinski definition) is 2. The third-order valence-corrected chi connectivity index (χ3v) is 8.23. The summed E-state index contributed by atoms with van der Waals surface area (Å²) < 4.78 is 23.4. The van der Waals surface area contributed by atoms with Gasteiger partial charge in [0.1, 0.15) is 0 Å². The Kier molecular flexibility index (Phi) is 7.24. The number of rotatable bonds is 5. The van der Waals surface area contributed by atoms with E-state index < -0.39 is 9.84 Å². The van der Waals surface area contributed by atoms with Crippen LogP contribution in [-0.4, -0.2) is 45.0 Å². The zero-order valence-electron chi connectivity index (χ0n) is 16.4. The minimum absolute atomic E-state index is 0.193. The lowest BCUT2D eigenvalue weighted by molar-refractivity contribution is 0.321. The second kappa shape index (κ2) is 9.43. The van der Waals surface area contributed by atoms with E-state index in [1.165, 1.54) is 57.8 Å². The molecule has 5 nitrogen and oxygen atoms in total. The van der Waals surface area contributed by atoms with Gasteiger partial charge in [0.05, 0.1) is 11.5 Å². The predicted molar refractivity (Wildman–Crippen MR) is 108 cm³/mol. The van der Waals surface area contributed by atoms with Gasteiger partial charge in [-0.3, -0.25) is 4.99 Å². The smallest absolute Gasteiger partial charge is 0.191 e. The zero-order chi connectivity index (χ0) is 18.4. The molecule has 0 spiro atoms. The maximum atomic E-state index is 11.7. The summed E-state index contributed by atoms with van der Waals surface area (Å²) in [7, 11) is -2.82. The van der Waals surface area contributed by atoms with Gasteiger partial charge < -0.3 is 10.6 Å². The van der Waals surface area contributed by atoms with Crippen molar-refractivity contribution in [3.05, 3.63) is 0 Å². The molecule has 3 unspecified atom stereocenters. The highest BCUT2D eigenvalue weighted by atomic mass is 32.2. The van der Waals surface area contributed by atoms with Crippen molar-refractivity contribution in [1.82, 2.24) is 10.6 Å². The van der Waals surface area contributed by atoms with Crippen LogP contribution < -0.4 is 10.6 Å². The fourth-order valence-electron chi connectivity index (χ4n) is 4.78. The van der Waals surface area contributed by atoms with Crippen molar-refractivity contribution < 1.29 is 8.42 Å². The molecule has 1 heterocycles. The van der Waals surface area contributed by atoms with E-state index in [-0.39, 0.29) is 5.92 Å². The maximum absolute atomic E-state index is 11.7. The molecular weight excluding hydrogens is 346 g/mol. The Morgan fingerprint density at radius 3 is 2.50 bits per heavy atom. The van der Waals surface area contributed by atoms with E-state index in [1.54, 1.807) is 0 Å². The summed E-state index contributed by atoms with van der Waals surface area (Å²) in [4.78, 5) is 4.80. The molecule has 0 aromatic heterocycles. The molecule has 2 N–H and O–H groups in total. The van der Waals surface area contributed by atoms with Gasteiger partial charge in [-0.2, -0.15) is 0 Å². The van der Waals surface area contributed by atoms with E-state index in [1.807, 2.05) is 0 Å². The minimum Gasteiger partial charge on any atom is -0.356 e. The van der Waals surface area contributed by atoms with Crippen molar-refractivity contribution in [3.8, 4) is 0 Å². The highest BCUT2D eigenvalue weighted by Gasteiger charge is 2.28. The lowest BCUT2D eigenvalue weighted by Gasteiger charge is -2.30. The van der Waals surface area contributed by atoms with E-state index >= 15 is 0 Å². The molecule has 1 saturated heterocycles. The summed E-state index contributed by atoms with van der Waals surface area (Å²) in [6.07, 6.45) is 12.5. The number of sulfone groups is 1. The topological polar surface area (TPSA) is 70.6 Å². The number of nitrogens with one attached hydrogen (secondary N) is 2. The first kappa shape index (κ1) is 20.0. The molecule has 1 aliphatic heterocycles. The number of nitrogens with zero attached hydrogens (tertiary/aromatic N) is 1. The summed E-state index contributed by atoms with van der Waals surface area (Å²) in [5.74, 6) is 3.30. The highest BCUT2D eigenvalue weighted by Crippen LogP contribution is 2.24. The average Bonchev–Trinajstić information content (AvgIpc) is 2.97. The first-order valence-electron chi connectivity index (χ1n) is 10.8. The Hall–Kier alpha value is -0.780. The summed E-state index contributed by atoms with van der Waals surface area (Å²) in [6.45, 7) is 3.96. The van der Waals surface area contributed by atoms with Gasteiger partial charge in [0.15, 0.2) is 15.8 Å². The standard InChI is InChI=1S/C20H37N3O2S/c1-16-6-5-9-19(12-16)23-20(21-13-17-7-3-2-4-8-17)22-14-18-10-11-26(24,25)15-18/h16-19H,2-15H2,1H3,(H2,21,22,23). The molecule has 3 atom stereocenters. The minimum atomic E-state index is -2.82. The molecule has 2 saturated carbocycles. The first-order valence-corrected chi connectivity index (χ1v) is 12.6. The lowest BCUT2D eigenvalue weighted by atomic mass is 9.87. The number of guanidine groups is 1. The van der Waals surface area contributed by atoms with Gasteiger partial charge in [-0.15, -0.1) is 0 Å². The molecular formula is C20H37N3O2S.